The van der Waals surface area contributed by atoms with E-state index in [9.17, 15) is 4.79 Å². The van der Waals surface area contributed by atoms with Gasteiger partial charge in [-0.25, -0.2) is 0 Å². The fourth-order valence-electron chi connectivity index (χ4n) is 4.51. The summed E-state index contributed by atoms with van der Waals surface area (Å²) >= 11 is 0. The molecule has 3 unspecified atom stereocenters. The lowest BCUT2D eigenvalue weighted by Crippen LogP contribution is -2.44. The van der Waals surface area contributed by atoms with Gasteiger partial charge in [0.15, 0.2) is 0 Å². The minimum atomic E-state index is 0.258. The summed E-state index contributed by atoms with van der Waals surface area (Å²) in [6, 6.07) is 9.17. The first-order valence-electron chi connectivity index (χ1n) is 8.32. The van der Waals surface area contributed by atoms with Crippen LogP contribution in [0.3, 0.4) is 0 Å². The number of amides is 1. The van der Waals surface area contributed by atoms with E-state index in [0.29, 0.717) is 23.8 Å². The number of aryl methyl sites for hydroxylation is 1. The van der Waals surface area contributed by atoms with E-state index in [1.165, 1.54) is 17.5 Å². The molecule has 1 heterocycles. The van der Waals surface area contributed by atoms with Gasteiger partial charge in [-0.1, -0.05) is 24.3 Å². The second kappa shape index (κ2) is 5.13. The van der Waals surface area contributed by atoms with Crippen LogP contribution in [0, 0.1) is 11.8 Å². The molecule has 1 saturated carbocycles. The molecule has 1 aliphatic heterocycles. The maximum atomic E-state index is 12.9. The summed E-state index contributed by atoms with van der Waals surface area (Å²) in [7, 11) is 2.02. The Kier molecular flexibility index (Phi) is 3.26. The summed E-state index contributed by atoms with van der Waals surface area (Å²) in [5, 5.41) is 3.38. The Labute approximate surface area is 126 Å². The molecular weight excluding hydrogens is 260 g/mol. The van der Waals surface area contributed by atoms with Crippen LogP contribution in [0.15, 0.2) is 24.3 Å². The first kappa shape index (κ1) is 13.3. The normalized spacial score (nSPS) is 31.2. The average Bonchev–Trinajstić information content (AvgIpc) is 3.29. The van der Waals surface area contributed by atoms with Crippen LogP contribution < -0.4 is 5.32 Å². The van der Waals surface area contributed by atoms with Gasteiger partial charge in [-0.05, 0) is 61.7 Å². The lowest BCUT2D eigenvalue weighted by Gasteiger charge is -2.32. The molecule has 2 aliphatic carbocycles. The van der Waals surface area contributed by atoms with Gasteiger partial charge in [0.05, 0.1) is 0 Å². The van der Waals surface area contributed by atoms with Gasteiger partial charge < -0.3 is 10.2 Å². The molecule has 0 aromatic heterocycles. The van der Waals surface area contributed by atoms with Gasteiger partial charge in [0.2, 0.25) is 5.91 Å². The average molecular weight is 284 g/mol. The number of hydrogen-bond acceptors (Lipinski definition) is 2. The predicted octanol–water partition coefficient (Wildman–Crippen LogP) is 2.17. The van der Waals surface area contributed by atoms with E-state index in [0.717, 1.165) is 32.4 Å². The summed E-state index contributed by atoms with van der Waals surface area (Å²) in [6.45, 7) is 2.09. The topological polar surface area (TPSA) is 32.3 Å². The van der Waals surface area contributed by atoms with Crippen molar-refractivity contribution in [2.24, 2.45) is 11.8 Å². The molecule has 112 valence electrons. The molecule has 0 radical (unpaired) electrons. The molecule has 21 heavy (non-hydrogen) atoms. The van der Waals surface area contributed by atoms with Crippen molar-refractivity contribution in [2.45, 2.75) is 37.6 Å². The standard InChI is InChI=1S/C18H24N2O/c1-20(13-8-10-19-11-9-13)18(21)17-15-7-6-12-4-2-3-5-14(12)16(15)17/h2-5,13,15-17,19H,6-11H2,1H3. The quantitative estimate of drug-likeness (QED) is 0.903. The van der Waals surface area contributed by atoms with Crippen molar-refractivity contribution in [1.29, 1.82) is 0 Å². The first-order chi connectivity index (χ1) is 10.3. The number of nitrogens with zero attached hydrogens (tertiary/aromatic N) is 1. The van der Waals surface area contributed by atoms with Gasteiger partial charge in [-0.3, -0.25) is 4.79 Å². The second-order valence-electron chi connectivity index (χ2n) is 6.88. The fraction of sp³-hybridized carbons (Fsp3) is 0.611. The Morgan fingerprint density at radius 2 is 1.95 bits per heavy atom. The number of nitrogens with one attached hydrogen (secondary N) is 1. The third kappa shape index (κ3) is 2.18. The highest BCUT2D eigenvalue weighted by molar-refractivity contribution is 5.84. The summed E-state index contributed by atoms with van der Waals surface area (Å²) in [4.78, 5) is 14.9. The van der Waals surface area contributed by atoms with Gasteiger partial charge in [-0.2, -0.15) is 0 Å². The molecule has 1 saturated heterocycles. The third-order valence-corrected chi connectivity index (χ3v) is 5.82. The van der Waals surface area contributed by atoms with Crippen LogP contribution in [-0.2, 0) is 11.2 Å². The molecule has 0 spiro atoms. The summed E-state index contributed by atoms with van der Waals surface area (Å²) in [5.41, 5.74) is 2.92. The van der Waals surface area contributed by atoms with Gasteiger partial charge >= 0.3 is 0 Å². The number of fused-ring (bicyclic) bond motifs is 3. The zero-order valence-electron chi connectivity index (χ0n) is 12.7. The van der Waals surface area contributed by atoms with Crippen LogP contribution in [0.2, 0.25) is 0 Å². The van der Waals surface area contributed by atoms with Gasteiger partial charge in [0.25, 0.3) is 0 Å². The van der Waals surface area contributed by atoms with Crippen molar-refractivity contribution in [3.05, 3.63) is 35.4 Å². The van der Waals surface area contributed by atoms with Crippen LogP contribution in [0.25, 0.3) is 0 Å². The molecule has 3 aliphatic rings. The predicted molar refractivity (Wildman–Crippen MR) is 83.1 cm³/mol. The Balaban J connectivity index is 1.50. The Hall–Kier alpha value is -1.35. The second-order valence-corrected chi connectivity index (χ2v) is 6.88. The number of carbonyl (C=O) groups is 1. The lowest BCUT2D eigenvalue weighted by molar-refractivity contribution is -0.134. The fourth-order valence-corrected chi connectivity index (χ4v) is 4.51. The van der Waals surface area contributed by atoms with Gasteiger partial charge in [-0.15, -0.1) is 0 Å². The zero-order chi connectivity index (χ0) is 14.4. The Morgan fingerprint density at radius 3 is 2.76 bits per heavy atom. The molecule has 2 fully saturated rings. The number of hydrogen-bond donors (Lipinski definition) is 1. The van der Waals surface area contributed by atoms with Crippen LogP contribution in [-0.4, -0.2) is 37.0 Å². The highest BCUT2D eigenvalue weighted by Crippen LogP contribution is 2.60. The molecule has 1 amide bonds. The van der Waals surface area contributed by atoms with Crippen molar-refractivity contribution in [3.63, 3.8) is 0 Å². The van der Waals surface area contributed by atoms with E-state index in [2.05, 4.69) is 34.5 Å². The van der Waals surface area contributed by atoms with E-state index in [-0.39, 0.29) is 5.92 Å². The largest absolute Gasteiger partial charge is 0.342 e. The highest BCUT2D eigenvalue weighted by Gasteiger charge is 2.57. The molecular formula is C18H24N2O. The molecule has 3 atom stereocenters. The van der Waals surface area contributed by atoms with E-state index < -0.39 is 0 Å². The molecule has 0 bridgehead atoms. The van der Waals surface area contributed by atoms with Crippen molar-refractivity contribution in [2.75, 3.05) is 20.1 Å². The summed E-state index contributed by atoms with van der Waals surface area (Å²) < 4.78 is 0. The number of benzene rings is 1. The van der Waals surface area contributed by atoms with Crippen molar-refractivity contribution in [1.82, 2.24) is 10.2 Å². The van der Waals surface area contributed by atoms with E-state index >= 15 is 0 Å². The lowest BCUT2D eigenvalue weighted by atomic mass is 9.92. The zero-order valence-corrected chi connectivity index (χ0v) is 12.7. The van der Waals surface area contributed by atoms with Crippen molar-refractivity contribution in [3.8, 4) is 0 Å². The summed E-state index contributed by atoms with van der Waals surface area (Å²) in [6.07, 6.45) is 4.54. The number of piperidine rings is 1. The van der Waals surface area contributed by atoms with Gasteiger partial charge in [0.1, 0.15) is 0 Å². The molecule has 3 nitrogen and oxygen atoms in total. The monoisotopic (exact) mass is 284 g/mol. The van der Waals surface area contributed by atoms with Crippen LogP contribution in [0.4, 0.5) is 0 Å². The molecule has 1 aromatic rings. The van der Waals surface area contributed by atoms with E-state index in [1.54, 1.807) is 0 Å². The Bertz CT molecular complexity index is 550. The van der Waals surface area contributed by atoms with Crippen LogP contribution in [0.1, 0.15) is 36.3 Å². The van der Waals surface area contributed by atoms with E-state index in [4.69, 9.17) is 0 Å². The van der Waals surface area contributed by atoms with Gasteiger partial charge in [0, 0.05) is 19.0 Å². The minimum Gasteiger partial charge on any atom is -0.342 e. The molecule has 1 aromatic carbocycles. The smallest absolute Gasteiger partial charge is 0.226 e. The highest BCUT2D eigenvalue weighted by atomic mass is 16.2. The maximum absolute atomic E-state index is 12.9. The third-order valence-electron chi connectivity index (χ3n) is 5.82. The number of rotatable bonds is 2. The van der Waals surface area contributed by atoms with Crippen molar-refractivity contribution >= 4 is 5.91 Å². The van der Waals surface area contributed by atoms with Crippen LogP contribution >= 0.6 is 0 Å². The van der Waals surface area contributed by atoms with E-state index in [1.807, 2.05) is 7.05 Å². The molecule has 1 N–H and O–H groups in total. The Morgan fingerprint density at radius 1 is 1.19 bits per heavy atom. The first-order valence-corrected chi connectivity index (χ1v) is 8.32. The van der Waals surface area contributed by atoms with Crippen molar-refractivity contribution < 1.29 is 4.79 Å². The maximum Gasteiger partial charge on any atom is 0.226 e. The number of carbonyl (C=O) groups excluding carboxylic acids is 1. The molecule has 3 heteroatoms. The summed E-state index contributed by atoms with van der Waals surface area (Å²) in [5.74, 6) is 1.77. The SMILES string of the molecule is CN(C(=O)C1C2CCc3ccccc3C21)C1CCNCC1. The van der Waals surface area contributed by atoms with Crippen LogP contribution in [0.5, 0.6) is 0 Å². The minimum absolute atomic E-state index is 0.258. The molecule has 4 rings (SSSR count).